The van der Waals surface area contributed by atoms with Gasteiger partial charge in [-0.2, -0.15) is 0 Å². The molecule has 0 aliphatic heterocycles. The molecule has 0 fully saturated rings. The Morgan fingerprint density at radius 1 is 1.29 bits per heavy atom. The molecule has 0 amide bonds. The van der Waals surface area contributed by atoms with Gasteiger partial charge in [-0.25, -0.2) is 0 Å². The predicted octanol–water partition coefficient (Wildman–Crippen LogP) is 3.47. The van der Waals surface area contributed by atoms with Gasteiger partial charge in [-0.05, 0) is 27.4 Å². The molecule has 0 bridgehead atoms. The molecule has 0 aromatic heterocycles. The van der Waals surface area contributed by atoms with Gasteiger partial charge in [0, 0.05) is 5.67 Å². The lowest BCUT2D eigenvalue weighted by molar-refractivity contribution is 0.355. The summed E-state index contributed by atoms with van der Waals surface area (Å²) in [7, 11) is 3.25. The van der Waals surface area contributed by atoms with Crippen LogP contribution in [0.4, 0.5) is 0 Å². The second-order valence-electron chi connectivity index (χ2n) is 4.64. The summed E-state index contributed by atoms with van der Waals surface area (Å²) in [6.45, 7) is 9.29. The minimum Gasteiger partial charge on any atom is -0.309 e. The van der Waals surface area contributed by atoms with Crippen molar-refractivity contribution in [1.82, 2.24) is 4.90 Å². The van der Waals surface area contributed by atoms with Crippen LogP contribution in [0.2, 0.25) is 12.6 Å². The predicted molar refractivity (Wildman–Crippen MR) is 69.3 cm³/mol. The lowest BCUT2D eigenvalue weighted by Crippen LogP contribution is -2.50. The van der Waals surface area contributed by atoms with Crippen molar-refractivity contribution in [2.24, 2.45) is 0 Å². The van der Waals surface area contributed by atoms with Crippen molar-refractivity contribution in [2.45, 2.75) is 51.9 Å². The van der Waals surface area contributed by atoms with Crippen LogP contribution in [-0.2, 0) is 0 Å². The zero-order valence-electron chi connectivity index (χ0n) is 10.8. The molecule has 0 N–H and O–H groups in total. The van der Waals surface area contributed by atoms with Crippen molar-refractivity contribution in [2.75, 3.05) is 14.1 Å². The van der Waals surface area contributed by atoms with Crippen LogP contribution < -0.4 is 0 Å². The third-order valence-corrected chi connectivity index (χ3v) is 8.23. The highest BCUT2D eigenvalue weighted by atomic mass is 28.3. The fraction of sp³-hybridized carbons (Fsp3) is 0.833. The number of allylic oxidation sites excluding steroid dienone is 1. The summed E-state index contributed by atoms with van der Waals surface area (Å²) in [5.41, 5.74) is 3.31. The summed E-state index contributed by atoms with van der Waals surface area (Å²) in [6, 6.07) is 1.41. The summed E-state index contributed by atoms with van der Waals surface area (Å²) >= 11 is 0. The number of rotatable bonds is 6. The molecule has 1 nitrogen and oxygen atoms in total. The smallest absolute Gasteiger partial charge is 0.0926 e. The molecule has 0 aliphatic rings. The summed E-state index contributed by atoms with van der Waals surface area (Å²) in [5.74, 6) is 0. The van der Waals surface area contributed by atoms with E-state index in [1.54, 1.807) is 0 Å². The quantitative estimate of drug-likeness (QED) is 0.611. The average molecular weight is 213 g/mol. The van der Waals surface area contributed by atoms with E-state index in [-0.39, 0.29) is 0 Å². The molecule has 0 aliphatic carbocycles. The van der Waals surface area contributed by atoms with E-state index in [4.69, 9.17) is 0 Å². The Kier molecular flexibility index (Phi) is 6.37. The maximum Gasteiger partial charge on any atom is 0.0926 e. The first-order valence-corrected chi connectivity index (χ1v) is 8.68. The van der Waals surface area contributed by atoms with Crippen LogP contribution in [-0.4, -0.2) is 32.7 Å². The van der Waals surface area contributed by atoms with Crippen LogP contribution in [0.5, 0.6) is 0 Å². The van der Waals surface area contributed by atoms with Gasteiger partial charge in [-0.3, -0.25) is 0 Å². The van der Waals surface area contributed by atoms with E-state index in [2.05, 4.69) is 58.1 Å². The average Bonchev–Trinajstić information content (AvgIpc) is 2.04. The van der Waals surface area contributed by atoms with Crippen molar-refractivity contribution in [3.8, 4) is 0 Å². The molecule has 0 radical (unpaired) electrons. The lowest BCUT2D eigenvalue weighted by atomic mass is 10.4. The summed E-state index contributed by atoms with van der Waals surface area (Å²) < 4.78 is 0. The van der Waals surface area contributed by atoms with E-state index in [9.17, 15) is 0 Å². The van der Waals surface area contributed by atoms with Crippen LogP contribution in [0.1, 0.15) is 33.6 Å². The van der Waals surface area contributed by atoms with E-state index < -0.39 is 8.07 Å². The van der Waals surface area contributed by atoms with Gasteiger partial charge in [-0.1, -0.05) is 44.6 Å². The fourth-order valence-electron chi connectivity index (χ4n) is 2.70. The third-order valence-electron chi connectivity index (χ3n) is 3.11. The summed E-state index contributed by atoms with van der Waals surface area (Å²) in [4.78, 5) is 2.42. The van der Waals surface area contributed by atoms with E-state index >= 15 is 0 Å². The summed E-state index contributed by atoms with van der Waals surface area (Å²) in [6.07, 6.45) is 4.85. The Bertz CT molecular complexity index is 177. The van der Waals surface area contributed by atoms with Crippen molar-refractivity contribution in [3.05, 3.63) is 11.8 Å². The van der Waals surface area contributed by atoms with Crippen LogP contribution >= 0.6 is 0 Å². The largest absolute Gasteiger partial charge is 0.309 e. The zero-order chi connectivity index (χ0) is 11.2. The Hall–Kier alpha value is -0.0831. The van der Waals surface area contributed by atoms with E-state index in [1.807, 2.05) is 0 Å². The van der Waals surface area contributed by atoms with Crippen molar-refractivity contribution < 1.29 is 0 Å². The highest BCUT2D eigenvalue weighted by Crippen LogP contribution is 2.23. The molecular weight excluding hydrogens is 186 g/mol. The van der Waals surface area contributed by atoms with E-state index in [0.717, 1.165) is 5.67 Å². The maximum absolute atomic E-state index is 2.52. The van der Waals surface area contributed by atoms with Gasteiger partial charge in [0.05, 0.1) is 8.07 Å². The Balaban J connectivity index is 4.75. The molecule has 0 saturated carbocycles. The van der Waals surface area contributed by atoms with Gasteiger partial charge in [0.2, 0.25) is 0 Å². The number of hydrogen-bond donors (Lipinski definition) is 0. The lowest BCUT2D eigenvalue weighted by Gasteiger charge is -2.37. The van der Waals surface area contributed by atoms with Gasteiger partial charge in [0.15, 0.2) is 0 Å². The zero-order valence-corrected chi connectivity index (χ0v) is 11.8. The Morgan fingerprint density at radius 2 is 1.86 bits per heavy atom. The van der Waals surface area contributed by atoms with Crippen molar-refractivity contribution >= 4 is 8.07 Å². The van der Waals surface area contributed by atoms with Gasteiger partial charge in [0.25, 0.3) is 0 Å². The SMILES string of the molecule is CC=C[Si](C)(CCC)C(CC)N(C)C. The van der Waals surface area contributed by atoms with E-state index in [1.165, 1.54) is 18.9 Å². The Labute approximate surface area is 91.2 Å². The van der Waals surface area contributed by atoms with Gasteiger partial charge in [0.1, 0.15) is 0 Å². The first-order valence-electron chi connectivity index (χ1n) is 5.82. The first-order chi connectivity index (χ1) is 6.51. The number of nitrogens with zero attached hydrogens (tertiary/aromatic N) is 1. The molecule has 0 aromatic carbocycles. The van der Waals surface area contributed by atoms with Gasteiger partial charge in [-0.15, -0.1) is 0 Å². The molecule has 2 atom stereocenters. The van der Waals surface area contributed by atoms with Crippen LogP contribution in [0.25, 0.3) is 0 Å². The molecule has 2 heteroatoms. The topological polar surface area (TPSA) is 3.24 Å². The van der Waals surface area contributed by atoms with Crippen molar-refractivity contribution in [1.29, 1.82) is 0 Å². The minimum atomic E-state index is -1.20. The second-order valence-corrected chi connectivity index (χ2v) is 9.15. The molecule has 0 heterocycles. The van der Waals surface area contributed by atoms with Gasteiger partial charge < -0.3 is 4.90 Å². The molecule has 2 unspecified atom stereocenters. The second kappa shape index (κ2) is 6.41. The van der Waals surface area contributed by atoms with Gasteiger partial charge >= 0.3 is 0 Å². The first kappa shape index (κ1) is 13.9. The fourth-order valence-corrected chi connectivity index (χ4v) is 7.37. The number of hydrogen-bond acceptors (Lipinski definition) is 1. The van der Waals surface area contributed by atoms with Crippen LogP contribution in [0.3, 0.4) is 0 Å². The highest BCUT2D eigenvalue weighted by molar-refractivity contribution is 6.84. The minimum absolute atomic E-state index is 0.790. The molecular formula is C12H27NSi. The normalized spacial score (nSPS) is 18.8. The molecule has 0 rings (SSSR count). The molecule has 14 heavy (non-hydrogen) atoms. The standard InChI is InChI=1S/C12H27NSi/c1-7-10-14(6,11-8-2)12(9-3)13(4)5/h7,10,12H,8-9,11H2,1-6H3. The van der Waals surface area contributed by atoms with Crippen LogP contribution in [0, 0.1) is 0 Å². The van der Waals surface area contributed by atoms with Crippen LogP contribution in [0.15, 0.2) is 11.8 Å². The molecule has 84 valence electrons. The molecule has 0 saturated heterocycles. The molecule has 0 spiro atoms. The van der Waals surface area contributed by atoms with Crippen molar-refractivity contribution in [3.63, 3.8) is 0 Å². The van der Waals surface area contributed by atoms with E-state index in [0.29, 0.717) is 0 Å². The monoisotopic (exact) mass is 213 g/mol. The maximum atomic E-state index is 2.52. The molecule has 0 aromatic rings. The third kappa shape index (κ3) is 3.58. The highest BCUT2D eigenvalue weighted by Gasteiger charge is 2.33. The summed E-state index contributed by atoms with van der Waals surface area (Å²) in [5, 5.41) is 0. The Morgan fingerprint density at radius 3 is 2.14 bits per heavy atom.